The molecule has 2 aromatic rings. The highest BCUT2D eigenvalue weighted by Crippen LogP contribution is 2.10. The van der Waals surface area contributed by atoms with E-state index < -0.39 is 0 Å². The predicted molar refractivity (Wildman–Crippen MR) is 85.0 cm³/mol. The van der Waals surface area contributed by atoms with Crippen LogP contribution in [0.15, 0.2) is 48.7 Å². The van der Waals surface area contributed by atoms with E-state index in [1.165, 1.54) is 0 Å². The molecule has 0 aliphatic heterocycles. The largest absolute Gasteiger partial charge is 0.479 e. The number of nitrogens with zero attached hydrogens (tertiary/aromatic N) is 1. The maximum atomic E-state index is 5.91. The molecule has 0 saturated heterocycles. The summed E-state index contributed by atoms with van der Waals surface area (Å²) in [6.07, 6.45) is 3.47. The lowest BCUT2D eigenvalue weighted by molar-refractivity contribution is 0.368. The van der Waals surface area contributed by atoms with Gasteiger partial charge in [0.15, 0.2) is 0 Å². The molecule has 0 saturated carbocycles. The van der Waals surface area contributed by atoms with Crippen LogP contribution in [0.3, 0.4) is 0 Å². The van der Waals surface area contributed by atoms with Crippen LogP contribution in [0, 0.1) is 11.8 Å². The number of aromatic nitrogens is 1. The molecule has 108 valence electrons. The summed E-state index contributed by atoms with van der Waals surface area (Å²) in [7, 11) is 0. The molecule has 1 heterocycles. The zero-order valence-corrected chi connectivity index (χ0v) is 12.3. The minimum Gasteiger partial charge on any atom is -0.479 e. The summed E-state index contributed by atoms with van der Waals surface area (Å²) in [4.78, 5) is 4.35. The summed E-state index contributed by atoms with van der Waals surface area (Å²) in [5.74, 6) is 6.76. The van der Waals surface area contributed by atoms with Crippen molar-refractivity contribution in [3.63, 3.8) is 0 Å². The van der Waals surface area contributed by atoms with Gasteiger partial charge in [-0.15, -0.1) is 0 Å². The van der Waals surface area contributed by atoms with Crippen LogP contribution in [0.1, 0.15) is 24.6 Å². The molecular weight excluding hydrogens is 260 g/mol. The molecule has 0 bridgehead atoms. The quantitative estimate of drug-likeness (QED) is 0.857. The Morgan fingerprint density at radius 3 is 2.67 bits per heavy atom. The Bertz CT molecular complexity index is 597. The predicted octanol–water partition coefficient (Wildman–Crippen LogP) is 2.79. The van der Waals surface area contributed by atoms with Gasteiger partial charge in [0.05, 0.1) is 6.20 Å². The fraction of sp³-hybridized carbons (Fsp3) is 0.278. The Balaban J connectivity index is 1.83. The lowest BCUT2D eigenvalue weighted by Gasteiger charge is -2.08. The molecule has 3 heteroatoms. The Hall–Kier alpha value is -2.31. The SMILES string of the molecule is CCC(N)Cc1ccc(OCC#Cc2ccccc2)cn1. The van der Waals surface area contributed by atoms with Crippen molar-refractivity contribution in [2.75, 3.05) is 6.61 Å². The molecule has 3 nitrogen and oxygen atoms in total. The van der Waals surface area contributed by atoms with Crippen molar-refractivity contribution in [2.24, 2.45) is 5.73 Å². The van der Waals surface area contributed by atoms with E-state index in [0.29, 0.717) is 6.61 Å². The van der Waals surface area contributed by atoms with Crippen LogP contribution in [-0.2, 0) is 6.42 Å². The van der Waals surface area contributed by atoms with Crippen molar-refractivity contribution in [1.82, 2.24) is 4.98 Å². The number of pyridine rings is 1. The van der Waals surface area contributed by atoms with Gasteiger partial charge in [0.25, 0.3) is 0 Å². The summed E-state index contributed by atoms with van der Waals surface area (Å²) in [5.41, 5.74) is 7.89. The van der Waals surface area contributed by atoms with Gasteiger partial charge >= 0.3 is 0 Å². The minimum atomic E-state index is 0.168. The first-order valence-electron chi connectivity index (χ1n) is 7.15. The maximum absolute atomic E-state index is 5.91. The third-order valence-electron chi connectivity index (χ3n) is 3.11. The molecule has 0 fully saturated rings. The van der Waals surface area contributed by atoms with Crippen LogP contribution in [0.2, 0.25) is 0 Å². The van der Waals surface area contributed by atoms with Crippen molar-refractivity contribution in [2.45, 2.75) is 25.8 Å². The van der Waals surface area contributed by atoms with E-state index in [0.717, 1.165) is 29.8 Å². The van der Waals surface area contributed by atoms with Gasteiger partial charge in [0.2, 0.25) is 0 Å². The van der Waals surface area contributed by atoms with Gasteiger partial charge in [-0.25, -0.2) is 0 Å². The van der Waals surface area contributed by atoms with Crippen LogP contribution in [-0.4, -0.2) is 17.6 Å². The molecule has 0 radical (unpaired) electrons. The molecule has 1 atom stereocenters. The van der Waals surface area contributed by atoms with Crippen LogP contribution < -0.4 is 10.5 Å². The van der Waals surface area contributed by atoms with Gasteiger partial charge in [0, 0.05) is 23.7 Å². The Labute approximate surface area is 126 Å². The van der Waals surface area contributed by atoms with Crippen molar-refractivity contribution < 1.29 is 4.74 Å². The minimum absolute atomic E-state index is 0.168. The third-order valence-corrected chi connectivity index (χ3v) is 3.11. The average molecular weight is 280 g/mol. The fourth-order valence-electron chi connectivity index (χ4n) is 1.81. The number of hydrogen-bond acceptors (Lipinski definition) is 3. The van der Waals surface area contributed by atoms with E-state index in [4.69, 9.17) is 10.5 Å². The van der Waals surface area contributed by atoms with Crippen LogP contribution in [0.4, 0.5) is 0 Å². The molecule has 1 aromatic heterocycles. The van der Waals surface area contributed by atoms with Crippen LogP contribution in [0.5, 0.6) is 5.75 Å². The lowest BCUT2D eigenvalue weighted by atomic mass is 10.1. The molecule has 0 aliphatic rings. The molecule has 2 N–H and O–H groups in total. The number of rotatable bonds is 5. The smallest absolute Gasteiger partial charge is 0.149 e. The van der Waals surface area contributed by atoms with Crippen molar-refractivity contribution >= 4 is 0 Å². The van der Waals surface area contributed by atoms with Gasteiger partial charge in [-0.1, -0.05) is 37.0 Å². The number of ether oxygens (including phenoxy) is 1. The molecule has 0 aliphatic carbocycles. The van der Waals surface area contributed by atoms with Gasteiger partial charge in [-0.05, 0) is 30.7 Å². The molecule has 0 amide bonds. The molecular formula is C18H20N2O. The van der Waals surface area contributed by atoms with Gasteiger partial charge < -0.3 is 10.5 Å². The molecule has 2 rings (SSSR count). The van der Waals surface area contributed by atoms with Crippen LogP contribution >= 0.6 is 0 Å². The number of benzene rings is 1. The highest BCUT2D eigenvalue weighted by Gasteiger charge is 2.02. The summed E-state index contributed by atoms with van der Waals surface area (Å²) in [5, 5.41) is 0. The Morgan fingerprint density at radius 2 is 2.00 bits per heavy atom. The highest BCUT2D eigenvalue weighted by atomic mass is 16.5. The molecule has 21 heavy (non-hydrogen) atoms. The van der Waals surface area contributed by atoms with E-state index in [-0.39, 0.29) is 6.04 Å². The standard InChI is InChI=1S/C18H20N2O/c1-2-16(19)13-17-10-11-18(14-20-17)21-12-6-9-15-7-4-3-5-8-15/h3-5,7-8,10-11,14,16H,2,12-13,19H2,1H3. The number of hydrogen-bond donors (Lipinski definition) is 1. The summed E-state index contributed by atoms with van der Waals surface area (Å²) in [6.45, 7) is 2.43. The van der Waals surface area contributed by atoms with E-state index in [1.54, 1.807) is 6.20 Å². The zero-order chi connectivity index (χ0) is 14.9. The van der Waals surface area contributed by atoms with Crippen molar-refractivity contribution in [3.8, 4) is 17.6 Å². The Morgan fingerprint density at radius 1 is 1.19 bits per heavy atom. The first-order valence-corrected chi connectivity index (χ1v) is 7.15. The second kappa shape index (κ2) is 8.08. The average Bonchev–Trinajstić information content (AvgIpc) is 2.54. The second-order valence-electron chi connectivity index (χ2n) is 4.81. The summed E-state index contributed by atoms with van der Waals surface area (Å²) in [6, 6.07) is 13.9. The fourth-order valence-corrected chi connectivity index (χ4v) is 1.81. The maximum Gasteiger partial charge on any atom is 0.149 e. The van der Waals surface area contributed by atoms with Gasteiger partial charge in [0.1, 0.15) is 12.4 Å². The Kier molecular flexibility index (Phi) is 5.81. The monoisotopic (exact) mass is 280 g/mol. The van der Waals surface area contributed by atoms with Crippen molar-refractivity contribution in [1.29, 1.82) is 0 Å². The third kappa shape index (κ3) is 5.29. The van der Waals surface area contributed by atoms with E-state index >= 15 is 0 Å². The zero-order valence-electron chi connectivity index (χ0n) is 12.3. The van der Waals surface area contributed by atoms with E-state index in [1.807, 2.05) is 42.5 Å². The first-order chi connectivity index (χ1) is 10.3. The van der Waals surface area contributed by atoms with Crippen LogP contribution in [0.25, 0.3) is 0 Å². The second-order valence-corrected chi connectivity index (χ2v) is 4.81. The molecule has 1 aromatic carbocycles. The number of nitrogens with two attached hydrogens (primary N) is 1. The van der Waals surface area contributed by atoms with E-state index in [9.17, 15) is 0 Å². The highest BCUT2D eigenvalue weighted by molar-refractivity contribution is 5.33. The van der Waals surface area contributed by atoms with Crippen molar-refractivity contribution in [3.05, 3.63) is 59.9 Å². The normalized spacial score (nSPS) is 11.3. The van der Waals surface area contributed by atoms with E-state index in [2.05, 4.69) is 23.7 Å². The van der Waals surface area contributed by atoms with Gasteiger partial charge in [-0.2, -0.15) is 0 Å². The molecule has 0 spiro atoms. The summed E-state index contributed by atoms with van der Waals surface area (Å²) >= 11 is 0. The summed E-state index contributed by atoms with van der Waals surface area (Å²) < 4.78 is 5.55. The van der Waals surface area contributed by atoms with Gasteiger partial charge in [-0.3, -0.25) is 4.98 Å². The molecule has 1 unspecified atom stereocenters. The first kappa shape index (κ1) is 15.1. The lowest BCUT2D eigenvalue weighted by Crippen LogP contribution is -2.21. The topological polar surface area (TPSA) is 48.1 Å².